The van der Waals surface area contributed by atoms with Crippen LogP contribution in [0.15, 0.2) is 133 Å². The van der Waals surface area contributed by atoms with Crippen LogP contribution in [-0.2, 0) is 10.8 Å². The Hall–Kier alpha value is -4.51. The summed E-state index contributed by atoms with van der Waals surface area (Å²) in [7, 11) is 0. The second kappa shape index (κ2) is 10.7. The lowest BCUT2D eigenvalue weighted by Gasteiger charge is -2.23. The smallest absolute Gasteiger partial charge is 0.0434 e. The Balaban J connectivity index is 1.19. The molecule has 0 fully saturated rings. The Bertz CT molecular complexity index is 2770. The number of rotatable bonds is 3. The highest BCUT2D eigenvalue weighted by molar-refractivity contribution is 14.1. The minimum absolute atomic E-state index is 0.0219. The highest BCUT2D eigenvalue weighted by Gasteiger charge is 2.37. The fourth-order valence-electron chi connectivity index (χ4n) is 8.92. The van der Waals surface area contributed by atoms with Crippen LogP contribution < -0.4 is 0 Å². The average Bonchev–Trinajstić information content (AvgIpc) is 3.70. The fourth-order valence-corrected chi connectivity index (χ4v) is 11.0. The summed E-state index contributed by atoms with van der Waals surface area (Å²) in [6, 6.07) is 50.5. The van der Waals surface area contributed by atoms with E-state index in [0.717, 1.165) is 0 Å². The summed E-state index contributed by atoms with van der Waals surface area (Å²) in [5.74, 6) is 0. The molecular weight excluding hydrogens is 735 g/mol. The number of halogens is 1. The lowest BCUT2D eigenvalue weighted by atomic mass is 9.80. The molecule has 0 N–H and O–H groups in total. The Kier molecular flexibility index (Phi) is 6.52. The van der Waals surface area contributed by atoms with Gasteiger partial charge in [0.25, 0.3) is 0 Å². The predicted octanol–water partition coefficient (Wildman–Crippen LogP) is 14.0. The van der Waals surface area contributed by atoms with Gasteiger partial charge < -0.3 is 0 Å². The van der Waals surface area contributed by atoms with E-state index in [1.807, 2.05) is 11.3 Å². The molecule has 0 spiro atoms. The van der Waals surface area contributed by atoms with Gasteiger partial charge in [0.1, 0.15) is 0 Å². The third-order valence-electron chi connectivity index (χ3n) is 11.6. The summed E-state index contributed by atoms with van der Waals surface area (Å²) in [4.78, 5) is 0. The molecule has 0 unspecified atom stereocenters. The summed E-state index contributed by atoms with van der Waals surface area (Å²) in [5, 5.41) is 5.36. The second-order valence-corrected chi connectivity index (χ2v) is 17.3. The van der Waals surface area contributed by atoms with Crippen LogP contribution in [0.2, 0.25) is 0 Å². The maximum atomic E-state index is 2.50. The number of fused-ring (bicyclic) bond motifs is 11. The van der Waals surface area contributed by atoms with Crippen LogP contribution in [0.25, 0.3) is 64.8 Å². The molecule has 0 radical (unpaired) electrons. The summed E-state index contributed by atoms with van der Waals surface area (Å²) in [6.45, 7) is 9.47. The summed E-state index contributed by atoms with van der Waals surface area (Å²) in [5.41, 5.74) is 15.9. The molecule has 10 rings (SSSR count). The number of hydrogen-bond acceptors (Lipinski definition) is 1. The molecule has 0 atom stereocenters. The van der Waals surface area contributed by atoms with Gasteiger partial charge in [-0.05, 0) is 125 Å². The molecular formula is C48H35IS. The van der Waals surface area contributed by atoms with Crippen LogP contribution in [0.4, 0.5) is 0 Å². The molecule has 2 aliphatic carbocycles. The maximum absolute atomic E-state index is 2.50. The van der Waals surface area contributed by atoms with Crippen LogP contribution in [0.1, 0.15) is 66.6 Å². The Labute approximate surface area is 311 Å². The van der Waals surface area contributed by atoms with E-state index in [0.29, 0.717) is 0 Å². The molecule has 8 aromatic rings. The minimum Gasteiger partial charge on any atom is -0.135 e. The second-order valence-electron chi connectivity index (χ2n) is 15.1. The minimum atomic E-state index is -0.0653. The summed E-state index contributed by atoms with van der Waals surface area (Å²) >= 11 is 4.41. The molecule has 0 amide bonds. The monoisotopic (exact) mass is 770 g/mol. The third-order valence-corrected chi connectivity index (χ3v) is 13.6. The SMILES string of the molecule is CC1(C)c2ccccc2-c2cc(/C(=C/c3ccc4c(c3)sc3c5ccccc5c(I)cc43)c3ccc4c(c3)C(C)(C)c3ccccc3-4)ccc21. The predicted molar refractivity (Wildman–Crippen MR) is 225 cm³/mol. The van der Waals surface area contributed by atoms with E-state index >= 15 is 0 Å². The van der Waals surface area contributed by atoms with E-state index in [4.69, 9.17) is 0 Å². The molecule has 0 nitrogen and oxygen atoms in total. The zero-order chi connectivity index (χ0) is 33.9. The third kappa shape index (κ3) is 4.28. The van der Waals surface area contributed by atoms with Crippen molar-refractivity contribution >= 4 is 76.5 Å². The molecule has 50 heavy (non-hydrogen) atoms. The van der Waals surface area contributed by atoms with Crippen LogP contribution in [0, 0.1) is 3.57 Å². The van der Waals surface area contributed by atoms with Gasteiger partial charge in [0.15, 0.2) is 0 Å². The van der Waals surface area contributed by atoms with Gasteiger partial charge in [-0.1, -0.05) is 137 Å². The first kappa shape index (κ1) is 30.3. The highest BCUT2D eigenvalue weighted by atomic mass is 127. The normalized spacial score (nSPS) is 15.3. The first-order valence-corrected chi connectivity index (χ1v) is 19.3. The van der Waals surface area contributed by atoms with Gasteiger partial charge in [0.05, 0.1) is 0 Å². The van der Waals surface area contributed by atoms with E-state index in [9.17, 15) is 0 Å². The van der Waals surface area contributed by atoms with Gasteiger partial charge in [-0.25, -0.2) is 0 Å². The van der Waals surface area contributed by atoms with Crippen molar-refractivity contribution in [1.82, 2.24) is 0 Å². The van der Waals surface area contributed by atoms with Crippen molar-refractivity contribution in [2.75, 3.05) is 0 Å². The van der Waals surface area contributed by atoms with Gasteiger partial charge in [-0.3, -0.25) is 0 Å². The van der Waals surface area contributed by atoms with E-state index < -0.39 is 0 Å². The van der Waals surface area contributed by atoms with Crippen molar-refractivity contribution in [2.45, 2.75) is 38.5 Å². The lowest BCUT2D eigenvalue weighted by molar-refractivity contribution is 0.660. The van der Waals surface area contributed by atoms with Gasteiger partial charge in [0.2, 0.25) is 0 Å². The molecule has 2 heteroatoms. The van der Waals surface area contributed by atoms with Crippen molar-refractivity contribution in [1.29, 1.82) is 0 Å². The largest absolute Gasteiger partial charge is 0.135 e. The molecule has 0 bridgehead atoms. The van der Waals surface area contributed by atoms with Gasteiger partial charge in [0, 0.05) is 40.0 Å². The van der Waals surface area contributed by atoms with Crippen LogP contribution in [-0.4, -0.2) is 0 Å². The summed E-state index contributed by atoms with van der Waals surface area (Å²) < 4.78 is 4.01. The molecule has 0 saturated carbocycles. The number of thiophene rings is 1. The number of hydrogen-bond donors (Lipinski definition) is 0. The summed E-state index contributed by atoms with van der Waals surface area (Å²) in [6.07, 6.45) is 2.43. The fraction of sp³-hybridized carbons (Fsp3) is 0.125. The number of benzene rings is 7. The topological polar surface area (TPSA) is 0 Å². The van der Waals surface area contributed by atoms with Crippen molar-refractivity contribution < 1.29 is 0 Å². The molecule has 1 aromatic heterocycles. The van der Waals surface area contributed by atoms with Crippen LogP contribution in [0.3, 0.4) is 0 Å². The molecule has 1 heterocycles. The first-order chi connectivity index (χ1) is 24.2. The van der Waals surface area contributed by atoms with E-state index in [1.165, 1.54) is 101 Å². The average molecular weight is 771 g/mol. The maximum Gasteiger partial charge on any atom is 0.0434 e. The van der Waals surface area contributed by atoms with E-state index in [-0.39, 0.29) is 10.8 Å². The first-order valence-electron chi connectivity index (χ1n) is 17.4. The highest BCUT2D eigenvalue weighted by Crippen LogP contribution is 2.52. The van der Waals surface area contributed by atoms with E-state index in [2.05, 4.69) is 190 Å². The Morgan fingerprint density at radius 3 is 1.88 bits per heavy atom. The molecule has 2 aliphatic rings. The Morgan fingerprint density at radius 2 is 1.10 bits per heavy atom. The zero-order valence-corrected chi connectivity index (χ0v) is 31.5. The van der Waals surface area contributed by atoms with Crippen molar-refractivity contribution in [3.8, 4) is 22.3 Å². The molecule has 240 valence electrons. The van der Waals surface area contributed by atoms with Gasteiger partial charge in [-0.2, -0.15) is 0 Å². The standard InChI is InChI=1S/C48H35IS/c1-47(2)41-16-10-8-12-32(41)38-25-29(19-22-42(38)47)37(30-18-21-33-31-11-7-9-15-40(31)48(3,4)43(33)26-30)23-28-17-20-35-39-27-44(49)34-13-5-6-14-36(34)46(39)50-45(35)24-28/h5-27H,1-4H3/b37-23-. The van der Waals surface area contributed by atoms with E-state index in [1.54, 1.807) is 0 Å². The van der Waals surface area contributed by atoms with Gasteiger partial charge in [-0.15, -0.1) is 11.3 Å². The Morgan fingerprint density at radius 1 is 0.500 bits per heavy atom. The van der Waals surface area contributed by atoms with Crippen LogP contribution >= 0.6 is 33.9 Å². The van der Waals surface area contributed by atoms with Gasteiger partial charge >= 0.3 is 0 Å². The van der Waals surface area contributed by atoms with Crippen molar-refractivity contribution in [2.24, 2.45) is 0 Å². The molecule has 7 aromatic carbocycles. The van der Waals surface area contributed by atoms with Crippen molar-refractivity contribution in [3.63, 3.8) is 0 Å². The molecule has 0 saturated heterocycles. The quantitative estimate of drug-likeness (QED) is 0.124. The van der Waals surface area contributed by atoms with Crippen molar-refractivity contribution in [3.05, 3.63) is 176 Å². The molecule has 0 aliphatic heterocycles. The lowest BCUT2D eigenvalue weighted by Crippen LogP contribution is -2.15. The zero-order valence-electron chi connectivity index (χ0n) is 28.6. The van der Waals surface area contributed by atoms with Crippen LogP contribution in [0.5, 0.6) is 0 Å².